The van der Waals surface area contributed by atoms with E-state index >= 15 is 0 Å². The summed E-state index contributed by atoms with van der Waals surface area (Å²) in [4.78, 5) is 94.1. The molecule has 2 heterocycles. The van der Waals surface area contributed by atoms with Gasteiger partial charge in [0.05, 0.1) is 69.2 Å². The number of ether oxygens (including phenoxy) is 1. The molecule has 1 saturated heterocycles. The second-order valence-electron chi connectivity index (χ2n) is 16.9. The molecule has 0 bridgehead atoms. The summed E-state index contributed by atoms with van der Waals surface area (Å²) in [5, 5.41) is 44.6. The molecule has 0 unspecified atom stereocenters. The van der Waals surface area contributed by atoms with E-state index in [4.69, 9.17) is 55.6 Å². The van der Waals surface area contributed by atoms with Crippen LogP contribution in [0.1, 0.15) is 48.9 Å². The number of carboxylic acid groups (broad SMARTS) is 3. The fraction of sp³-hybridized carbons (Fsp3) is 0.457. The Morgan fingerprint density at radius 3 is 1.61 bits per heavy atom. The van der Waals surface area contributed by atoms with E-state index < -0.39 is 23.9 Å². The fourth-order valence-corrected chi connectivity index (χ4v) is 12.6. The Hall–Kier alpha value is -1.01. The zero-order valence-corrected chi connectivity index (χ0v) is 53.1. The second-order valence-corrected chi connectivity index (χ2v) is 22.9. The third-order valence-corrected chi connectivity index (χ3v) is 17.1. The minimum absolute atomic E-state index is 0. The van der Waals surface area contributed by atoms with Crippen LogP contribution in [0.4, 0.5) is 0 Å². The number of hydrogen-bond acceptors (Lipinski definition) is 14. The number of phenolic OH excluding ortho intramolecular Hbond substituents is 1. The molecule has 2 aliphatic heterocycles. The molecule has 3 aliphatic rings. The zero-order chi connectivity index (χ0) is 53.7. The van der Waals surface area contributed by atoms with Crippen molar-refractivity contribution in [2.24, 2.45) is 0 Å². The minimum atomic E-state index is -1.05. The van der Waals surface area contributed by atoms with Crippen molar-refractivity contribution in [1.29, 1.82) is 0 Å². The first-order valence-corrected chi connectivity index (χ1v) is 28.5. The van der Waals surface area contributed by atoms with Gasteiger partial charge in [-0.05, 0) is 115 Å². The number of unbranched alkanes of at least 4 members (excludes halogenated alkanes) is 4. The van der Waals surface area contributed by atoms with Crippen LogP contribution in [0.15, 0.2) is 21.3 Å². The van der Waals surface area contributed by atoms with Gasteiger partial charge in [0.2, 0.25) is 17.2 Å². The Morgan fingerprint density at radius 1 is 0.608 bits per heavy atom. The number of phenols is 1. The number of esters is 1. The van der Waals surface area contributed by atoms with Crippen molar-refractivity contribution in [1.82, 2.24) is 30.2 Å². The number of carboxylic acids is 3. The maximum Gasteiger partial charge on any atom is 0.340 e. The Balaban J connectivity index is 0.0000119. The number of benzene rings is 3. The van der Waals surface area contributed by atoms with Crippen LogP contribution in [0.25, 0.3) is 33.4 Å². The van der Waals surface area contributed by atoms with E-state index in [0.29, 0.717) is 59.6 Å². The fourth-order valence-electron chi connectivity index (χ4n) is 8.01. The van der Waals surface area contributed by atoms with Crippen LogP contribution in [-0.4, -0.2) is 174 Å². The predicted molar refractivity (Wildman–Crippen MR) is 310 cm³/mol. The molecule has 0 spiro atoms. The van der Waals surface area contributed by atoms with Gasteiger partial charge in [-0.15, -0.1) is 0 Å². The molecule has 1 fully saturated rings. The van der Waals surface area contributed by atoms with Gasteiger partial charge in [0.15, 0.2) is 11.3 Å². The number of hydrogen-bond donors (Lipinski definition) is 6. The van der Waals surface area contributed by atoms with E-state index in [-0.39, 0.29) is 201 Å². The molecule has 5 rings (SSSR count). The van der Waals surface area contributed by atoms with Crippen molar-refractivity contribution in [3.05, 3.63) is 62.3 Å². The summed E-state index contributed by atoms with van der Waals surface area (Å²) < 4.78 is 13.5. The number of rotatable bonds is 21. The Kier molecular flexibility index (Phi) is 28.1. The van der Waals surface area contributed by atoms with E-state index in [1.807, 2.05) is 95.3 Å². The van der Waals surface area contributed by atoms with Crippen LogP contribution >= 0.6 is 137 Å². The van der Waals surface area contributed by atoms with Crippen LogP contribution in [0, 0.1) is 54.2 Å². The summed E-state index contributed by atoms with van der Waals surface area (Å²) in [6.45, 7) is 1.68. The molecular formula is C46H50Cl4GdI4N6O13. The molecule has 6 N–H and O–H groups in total. The zero-order valence-electron chi connectivity index (χ0n) is 39.1. The van der Waals surface area contributed by atoms with E-state index in [9.17, 15) is 54.0 Å². The number of nitrogens with one attached hydrogen (secondary N) is 2. The van der Waals surface area contributed by atoms with Crippen molar-refractivity contribution < 1.29 is 98.3 Å². The minimum Gasteiger partial charge on any atom is -0.506 e. The molecule has 28 heteroatoms. The molecule has 19 nitrogen and oxygen atoms in total. The molecule has 0 atom stereocenters. The molecule has 2 aromatic rings. The largest absolute Gasteiger partial charge is 0.506 e. The van der Waals surface area contributed by atoms with Gasteiger partial charge in [-0.1, -0.05) is 65.7 Å². The molecular weight excluding hydrogens is 1650 g/mol. The number of carbonyl (C=O) groups is 6. The van der Waals surface area contributed by atoms with Crippen molar-refractivity contribution in [3.8, 4) is 28.2 Å². The van der Waals surface area contributed by atoms with Gasteiger partial charge in [-0.2, -0.15) is 0 Å². The van der Waals surface area contributed by atoms with Gasteiger partial charge >= 0.3 is 23.9 Å². The summed E-state index contributed by atoms with van der Waals surface area (Å²) in [6.07, 6.45) is 3.46. The first kappa shape index (κ1) is 65.5. The van der Waals surface area contributed by atoms with Gasteiger partial charge in [-0.25, -0.2) is 4.79 Å². The van der Waals surface area contributed by atoms with Gasteiger partial charge < -0.3 is 40.2 Å². The van der Waals surface area contributed by atoms with Gasteiger partial charge in [-0.3, -0.25) is 48.4 Å². The third kappa shape index (κ3) is 18.5. The molecule has 2 amide bonds. The summed E-state index contributed by atoms with van der Waals surface area (Å²) in [6, 6.07) is 3.29. The molecule has 74 heavy (non-hydrogen) atoms. The molecule has 2 aromatic carbocycles. The number of aromatic hydroxyl groups is 1. The number of aliphatic carboxylic acids is 3. The maximum absolute atomic E-state index is 14.0. The van der Waals surface area contributed by atoms with Crippen LogP contribution in [0.2, 0.25) is 20.1 Å². The topological polar surface area (TPSA) is 260 Å². The van der Waals surface area contributed by atoms with Gasteiger partial charge in [0.1, 0.15) is 9.32 Å². The average Bonchev–Trinajstić information content (AvgIpc) is 3.32. The normalized spacial score (nSPS) is 14.5. The van der Waals surface area contributed by atoms with E-state index in [2.05, 4.69) is 10.6 Å². The third-order valence-electron chi connectivity index (χ3n) is 11.7. The quantitative estimate of drug-likeness (QED) is 0.0118. The van der Waals surface area contributed by atoms with Crippen LogP contribution < -0.4 is 16.1 Å². The second kappa shape index (κ2) is 31.7. The summed E-state index contributed by atoms with van der Waals surface area (Å²) >= 11 is 34.7. The smallest absolute Gasteiger partial charge is 0.340 e. The molecule has 0 saturated carbocycles. The predicted octanol–water partition coefficient (Wildman–Crippen LogP) is 7.51. The molecule has 406 valence electrons. The number of fused-ring (bicyclic) bond motifs is 2. The number of nitrogens with zero attached hydrogens (tertiary/aromatic N) is 4. The van der Waals surface area contributed by atoms with Gasteiger partial charge in [0, 0.05) is 134 Å². The van der Waals surface area contributed by atoms with Crippen molar-refractivity contribution in [2.45, 2.75) is 38.5 Å². The van der Waals surface area contributed by atoms with Crippen LogP contribution in [0.5, 0.6) is 5.75 Å². The van der Waals surface area contributed by atoms with Crippen LogP contribution in [0.3, 0.4) is 0 Å². The van der Waals surface area contributed by atoms with Crippen molar-refractivity contribution >= 4 is 183 Å². The number of amides is 2. The first-order valence-electron chi connectivity index (χ1n) is 22.7. The average molecular weight is 1700 g/mol. The molecule has 0 radical (unpaired) electrons. The Bertz CT molecular complexity index is 2730. The van der Waals surface area contributed by atoms with Crippen molar-refractivity contribution in [2.75, 3.05) is 98.2 Å². The van der Waals surface area contributed by atoms with E-state index in [0.717, 1.165) is 12.8 Å². The monoisotopic (exact) mass is 1700 g/mol. The number of halogens is 8. The van der Waals surface area contributed by atoms with Gasteiger partial charge in [0.25, 0.3) is 0 Å². The SMILES string of the molecule is O=C(O)CN1CCN(CC(=O)O)CCN(CC(=O)NCCNC(=O)CCCCCCCOC(=O)c2c(Cl)c(Cl)c(Cl)c(Cl)c2-c2c3cc(I)c(=O)c(I)c-3oc3c(I)c(O)c(I)cc23)CCN(CC(=O)O)CC1.[Gd]. The summed E-state index contributed by atoms with van der Waals surface area (Å²) in [7, 11) is 0. The molecule has 0 aromatic heterocycles. The number of carbonyl (C=O) groups excluding carboxylic acids is 3. The Morgan fingerprint density at radius 2 is 1.08 bits per heavy atom. The van der Waals surface area contributed by atoms with E-state index in [1.165, 1.54) is 0 Å². The Labute approximate surface area is 532 Å². The standard InChI is InChI=1S/C46H50Cl4I4N6O13.Gd/c47-36-34(33-24-18-26(51)42(69)40(53)44(24)73-45-25(33)19-27(52)43(70)41(45)54)35(37(48)39(50)38(36)49)46(71)72-17-5-3-1-2-4-6-28(61)55-7-8-56-29(62)20-57-9-11-58(21-30(63)64)13-15-60(23-32(67)68)16-14-59(12-10-57)22-31(65)66;/h18-19,69H,1-17,20-23H2,(H,55,61)(H,56,62)(H,63,64)(H,65,66)(H,67,68);. The maximum atomic E-state index is 14.0. The summed E-state index contributed by atoms with van der Waals surface area (Å²) in [5.74, 6) is -4.32. The molecule has 1 aliphatic carbocycles. The van der Waals surface area contributed by atoms with E-state index in [1.54, 1.807) is 26.8 Å². The summed E-state index contributed by atoms with van der Waals surface area (Å²) in [5.41, 5.74) is 0.710. The van der Waals surface area contributed by atoms with Crippen molar-refractivity contribution in [3.63, 3.8) is 0 Å². The first-order chi connectivity index (χ1) is 34.6. The van der Waals surface area contributed by atoms with Crippen LogP contribution in [-0.2, 0) is 28.7 Å².